The molecule has 3 nitrogen and oxygen atoms in total. The maximum Gasteiger partial charge on any atom is 0.150 e. The molecule has 0 bridgehead atoms. The largest absolute Gasteiger partial charge is 0.485 e. The molecule has 1 heterocycles. The zero-order chi connectivity index (χ0) is 14.8. The number of rotatable bonds is 3. The Morgan fingerprint density at radius 1 is 1.05 bits per heavy atom. The Morgan fingerprint density at radius 2 is 1.81 bits per heavy atom. The molecule has 0 aromatic heterocycles. The second-order valence-corrected chi connectivity index (χ2v) is 5.60. The van der Waals surface area contributed by atoms with Crippen LogP contribution in [0, 0.1) is 13.8 Å². The molecule has 2 atom stereocenters. The zero-order valence-corrected chi connectivity index (χ0v) is 12.4. The summed E-state index contributed by atoms with van der Waals surface area (Å²) in [4.78, 5) is 0. The van der Waals surface area contributed by atoms with Gasteiger partial charge in [0.25, 0.3) is 0 Å². The summed E-state index contributed by atoms with van der Waals surface area (Å²) in [6, 6.07) is 14.5. The standard InChI is InChI=1S/C18H20O3/c1-12-3-6-14(7-4-12)16-9-15(8-5-13(16)2)21-18-11-20-10-17(18)19/h3-9,17-19H,10-11H2,1-2H3. The van der Waals surface area contributed by atoms with Crippen molar-refractivity contribution in [3.05, 3.63) is 53.6 Å². The lowest BCUT2D eigenvalue weighted by molar-refractivity contribution is 0.0734. The third-order valence-electron chi connectivity index (χ3n) is 3.86. The summed E-state index contributed by atoms with van der Waals surface area (Å²) in [5, 5.41) is 9.77. The first-order chi connectivity index (χ1) is 10.1. The fourth-order valence-corrected chi connectivity index (χ4v) is 2.53. The van der Waals surface area contributed by atoms with Crippen molar-refractivity contribution in [1.82, 2.24) is 0 Å². The highest BCUT2D eigenvalue weighted by atomic mass is 16.6. The van der Waals surface area contributed by atoms with E-state index in [-0.39, 0.29) is 6.10 Å². The maximum absolute atomic E-state index is 9.77. The lowest BCUT2D eigenvalue weighted by atomic mass is 9.99. The second-order valence-electron chi connectivity index (χ2n) is 5.60. The monoisotopic (exact) mass is 284 g/mol. The van der Waals surface area contributed by atoms with Gasteiger partial charge in [0.1, 0.15) is 18.0 Å². The van der Waals surface area contributed by atoms with E-state index < -0.39 is 6.10 Å². The molecule has 2 unspecified atom stereocenters. The van der Waals surface area contributed by atoms with Gasteiger partial charge in [-0.15, -0.1) is 0 Å². The van der Waals surface area contributed by atoms with E-state index in [9.17, 15) is 5.11 Å². The van der Waals surface area contributed by atoms with Crippen molar-refractivity contribution in [3.63, 3.8) is 0 Å². The van der Waals surface area contributed by atoms with Crippen molar-refractivity contribution >= 4 is 0 Å². The van der Waals surface area contributed by atoms with Crippen LogP contribution in [0.15, 0.2) is 42.5 Å². The summed E-state index contributed by atoms with van der Waals surface area (Å²) in [5.74, 6) is 0.769. The van der Waals surface area contributed by atoms with Crippen molar-refractivity contribution < 1.29 is 14.6 Å². The van der Waals surface area contributed by atoms with Gasteiger partial charge in [0.05, 0.1) is 13.2 Å². The number of aryl methyl sites for hydroxylation is 2. The van der Waals surface area contributed by atoms with Gasteiger partial charge in [-0.25, -0.2) is 0 Å². The Bertz CT molecular complexity index is 619. The van der Waals surface area contributed by atoms with E-state index in [2.05, 4.69) is 38.1 Å². The van der Waals surface area contributed by atoms with Gasteiger partial charge in [0, 0.05) is 0 Å². The van der Waals surface area contributed by atoms with Gasteiger partial charge in [-0.2, -0.15) is 0 Å². The van der Waals surface area contributed by atoms with Crippen molar-refractivity contribution in [2.45, 2.75) is 26.1 Å². The van der Waals surface area contributed by atoms with E-state index in [4.69, 9.17) is 9.47 Å². The van der Waals surface area contributed by atoms with Crippen LogP contribution >= 0.6 is 0 Å². The topological polar surface area (TPSA) is 38.7 Å². The van der Waals surface area contributed by atoms with E-state index in [1.165, 1.54) is 16.7 Å². The molecule has 1 saturated heterocycles. The summed E-state index contributed by atoms with van der Waals surface area (Å²) in [6.45, 7) is 4.96. The molecule has 3 rings (SSSR count). The molecule has 1 aliphatic rings. The maximum atomic E-state index is 9.77. The quantitative estimate of drug-likeness (QED) is 0.941. The molecule has 21 heavy (non-hydrogen) atoms. The van der Waals surface area contributed by atoms with Crippen LogP contribution in [0.5, 0.6) is 5.75 Å². The number of ether oxygens (including phenoxy) is 2. The minimum absolute atomic E-state index is 0.279. The highest BCUT2D eigenvalue weighted by Gasteiger charge is 2.28. The van der Waals surface area contributed by atoms with Crippen LogP contribution in [0.4, 0.5) is 0 Å². The van der Waals surface area contributed by atoms with E-state index in [0.717, 1.165) is 11.3 Å². The average molecular weight is 284 g/mol. The highest BCUT2D eigenvalue weighted by molar-refractivity contribution is 5.69. The third-order valence-corrected chi connectivity index (χ3v) is 3.86. The fourth-order valence-electron chi connectivity index (χ4n) is 2.53. The minimum Gasteiger partial charge on any atom is -0.485 e. The first-order valence-electron chi connectivity index (χ1n) is 7.23. The van der Waals surface area contributed by atoms with Crippen LogP contribution in [-0.4, -0.2) is 30.5 Å². The number of benzene rings is 2. The predicted molar refractivity (Wildman–Crippen MR) is 82.6 cm³/mol. The summed E-state index contributed by atoms with van der Waals surface area (Å²) in [5.41, 5.74) is 4.78. The van der Waals surface area contributed by atoms with Gasteiger partial charge >= 0.3 is 0 Å². The lowest BCUT2D eigenvalue weighted by Crippen LogP contribution is -2.29. The molecule has 110 valence electrons. The van der Waals surface area contributed by atoms with Gasteiger partial charge in [-0.05, 0) is 42.7 Å². The second kappa shape index (κ2) is 5.88. The number of hydrogen-bond acceptors (Lipinski definition) is 3. The molecule has 2 aromatic rings. The fraction of sp³-hybridized carbons (Fsp3) is 0.333. The molecule has 1 aliphatic heterocycles. The van der Waals surface area contributed by atoms with Crippen LogP contribution in [0.1, 0.15) is 11.1 Å². The molecule has 2 aromatic carbocycles. The predicted octanol–water partition coefficient (Wildman–Crippen LogP) is 3.11. The Labute approximate surface area is 125 Å². The molecule has 0 saturated carbocycles. The molecule has 0 amide bonds. The molecule has 3 heteroatoms. The van der Waals surface area contributed by atoms with Gasteiger partial charge in [0.15, 0.2) is 0 Å². The van der Waals surface area contributed by atoms with Crippen LogP contribution in [0.2, 0.25) is 0 Å². The van der Waals surface area contributed by atoms with E-state index in [1.807, 2.05) is 18.2 Å². The van der Waals surface area contributed by atoms with Crippen molar-refractivity contribution in [3.8, 4) is 16.9 Å². The molecular weight excluding hydrogens is 264 g/mol. The van der Waals surface area contributed by atoms with E-state index in [1.54, 1.807) is 0 Å². The van der Waals surface area contributed by atoms with Gasteiger partial charge in [-0.3, -0.25) is 0 Å². The minimum atomic E-state index is -0.547. The lowest BCUT2D eigenvalue weighted by Gasteiger charge is -2.17. The molecule has 0 spiro atoms. The van der Waals surface area contributed by atoms with E-state index >= 15 is 0 Å². The number of aliphatic hydroxyl groups excluding tert-OH is 1. The number of aliphatic hydroxyl groups is 1. The summed E-state index contributed by atoms with van der Waals surface area (Å²) >= 11 is 0. The highest BCUT2D eigenvalue weighted by Crippen LogP contribution is 2.29. The van der Waals surface area contributed by atoms with Crippen molar-refractivity contribution in [1.29, 1.82) is 0 Å². The Balaban J connectivity index is 1.87. The van der Waals surface area contributed by atoms with Crippen LogP contribution < -0.4 is 4.74 Å². The Hall–Kier alpha value is -1.84. The molecule has 0 radical (unpaired) electrons. The van der Waals surface area contributed by atoms with Gasteiger partial charge in [0.2, 0.25) is 0 Å². The molecule has 0 aliphatic carbocycles. The zero-order valence-electron chi connectivity index (χ0n) is 12.4. The van der Waals surface area contributed by atoms with E-state index in [0.29, 0.717) is 13.2 Å². The third kappa shape index (κ3) is 3.09. The average Bonchev–Trinajstić information content (AvgIpc) is 2.87. The Morgan fingerprint density at radius 3 is 2.48 bits per heavy atom. The van der Waals surface area contributed by atoms with Crippen molar-refractivity contribution in [2.24, 2.45) is 0 Å². The Kier molecular flexibility index (Phi) is 3.95. The van der Waals surface area contributed by atoms with Gasteiger partial charge in [-0.1, -0.05) is 35.9 Å². The van der Waals surface area contributed by atoms with Crippen LogP contribution in [0.25, 0.3) is 11.1 Å². The van der Waals surface area contributed by atoms with Gasteiger partial charge < -0.3 is 14.6 Å². The normalized spacial score (nSPS) is 21.5. The van der Waals surface area contributed by atoms with Crippen LogP contribution in [-0.2, 0) is 4.74 Å². The number of hydrogen-bond donors (Lipinski definition) is 1. The first-order valence-corrected chi connectivity index (χ1v) is 7.23. The molecular formula is C18H20O3. The molecule has 1 fully saturated rings. The van der Waals surface area contributed by atoms with Crippen molar-refractivity contribution in [2.75, 3.05) is 13.2 Å². The van der Waals surface area contributed by atoms with Crippen LogP contribution in [0.3, 0.4) is 0 Å². The summed E-state index contributed by atoms with van der Waals surface area (Å²) < 4.78 is 11.1. The smallest absolute Gasteiger partial charge is 0.150 e. The first kappa shape index (κ1) is 14.1. The summed E-state index contributed by atoms with van der Waals surface area (Å²) in [7, 11) is 0. The SMILES string of the molecule is Cc1ccc(-c2cc(OC3COCC3O)ccc2C)cc1. The molecule has 1 N–H and O–H groups in total. The summed E-state index contributed by atoms with van der Waals surface area (Å²) in [6.07, 6.45) is -0.826.